The highest BCUT2D eigenvalue weighted by molar-refractivity contribution is 5.99. The average Bonchev–Trinajstić information content (AvgIpc) is 3.58. The maximum Gasteiger partial charge on any atom is 0.341 e. The lowest BCUT2D eigenvalue weighted by atomic mass is 10.1. The summed E-state index contributed by atoms with van der Waals surface area (Å²) in [6, 6.07) is 18.5. The van der Waals surface area contributed by atoms with Crippen LogP contribution in [0.5, 0.6) is 5.75 Å². The molecule has 3 aromatic rings. The summed E-state index contributed by atoms with van der Waals surface area (Å²) in [5.41, 5.74) is 3.54. The number of anilines is 1. The van der Waals surface area contributed by atoms with E-state index in [1.54, 1.807) is 24.3 Å². The van der Waals surface area contributed by atoms with Crippen molar-refractivity contribution >= 4 is 17.6 Å². The SMILES string of the molecule is CCOc1ccccc1NC(=O)C(OC(=O)c1cc(C)n(C2CC2)c1C)c1ccccc1. The molecule has 1 heterocycles. The fourth-order valence-corrected chi connectivity index (χ4v) is 4.00. The predicted octanol–water partition coefficient (Wildman–Crippen LogP) is 5.38. The van der Waals surface area contributed by atoms with Crippen molar-refractivity contribution in [2.24, 2.45) is 0 Å². The predicted molar refractivity (Wildman–Crippen MR) is 123 cm³/mol. The number of rotatable bonds is 8. The van der Waals surface area contributed by atoms with Crippen LogP contribution in [0.25, 0.3) is 0 Å². The Morgan fingerprint density at radius 2 is 1.75 bits per heavy atom. The first-order valence-corrected chi connectivity index (χ1v) is 11.0. The van der Waals surface area contributed by atoms with Crippen molar-refractivity contribution in [3.63, 3.8) is 0 Å². The molecule has 1 aliphatic carbocycles. The first-order valence-electron chi connectivity index (χ1n) is 11.0. The number of para-hydroxylation sites is 2. The standard InChI is InChI=1S/C26H28N2O4/c1-4-31-23-13-9-8-12-22(23)27-25(29)24(19-10-6-5-7-11-19)32-26(30)21-16-17(2)28(18(21)3)20-14-15-20/h5-13,16,20,24H,4,14-15H2,1-3H3,(H,27,29). The summed E-state index contributed by atoms with van der Waals surface area (Å²) in [4.78, 5) is 26.4. The molecule has 2 aromatic carbocycles. The third kappa shape index (κ3) is 4.54. The average molecular weight is 433 g/mol. The molecule has 1 aliphatic rings. The van der Waals surface area contributed by atoms with Crippen LogP contribution in [0.4, 0.5) is 5.69 Å². The van der Waals surface area contributed by atoms with E-state index < -0.39 is 18.0 Å². The molecule has 1 N–H and O–H groups in total. The molecule has 166 valence electrons. The Morgan fingerprint density at radius 1 is 1.06 bits per heavy atom. The molecular weight excluding hydrogens is 404 g/mol. The fourth-order valence-electron chi connectivity index (χ4n) is 4.00. The van der Waals surface area contributed by atoms with Crippen molar-refractivity contribution in [3.8, 4) is 5.75 Å². The van der Waals surface area contributed by atoms with E-state index in [1.165, 1.54) is 0 Å². The first-order chi connectivity index (χ1) is 15.5. The van der Waals surface area contributed by atoms with E-state index >= 15 is 0 Å². The van der Waals surface area contributed by atoms with Crippen molar-refractivity contribution in [1.82, 2.24) is 4.57 Å². The smallest absolute Gasteiger partial charge is 0.341 e. The largest absolute Gasteiger partial charge is 0.492 e. The Kier molecular flexibility index (Phi) is 6.30. The van der Waals surface area contributed by atoms with Gasteiger partial charge in [0, 0.05) is 23.0 Å². The summed E-state index contributed by atoms with van der Waals surface area (Å²) >= 11 is 0. The lowest BCUT2D eigenvalue weighted by Crippen LogP contribution is -2.26. The second-order valence-corrected chi connectivity index (χ2v) is 8.00. The highest BCUT2D eigenvalue weighted by atomic mass is 16.5. The van der Waals surface area contributed by atoms with Crippen molar-refractivity contribution in [3.05, 3.63) is 83.2 Å². The highest BCUT2D eigenvalue weighted by Gasteiger charge is 2.31. The first kappa shape index (κ1) is 21.7. The minimum absolute atomic E-state index is 0.437. The number of hydrogen-bond donors (Lipinski definition) is 1. The molecule has 1 fully saturated rings. The van der Waals surface area contributed by atoms with E-state index in [-0.39, 0.29) is 0 Å². The molecule has 1 saturated carbocycles. The van der Waals surface area contributed by atoms with Gasteiger partial charge in [-0.15, -0.1) is 0 Å². The Morgan fingerprint density at radius 3 is 2.44 bits per heavy atom. The Hall–Kier alpha value is -3.54. The van der Waals surface area contributed by atoms with Crippen molar-refractivity contribution in [2.45, 2.75) is 45.8 Å². The molecule has 0 aliphatic heterocycles. The number of esters is 1. The fraction of sp³-hybridized carbons (Fsp3) is 0.308. The van der Waals surface area contributed by atoms with Crippen molar-refractivity contribution < 1.29 is 19.1 Å². The van der Waals surface area contributed by atoms with E-state index in [0.717, 1.165) is 24.2 Å². The quantitative estimate of drug-likeness (QED) is 0.486. The van der Waals surface area contributed by atoms with Gasteiger partial charge < -0.3 is 19.4 Å². The highest BCUT2D eigenvalue weighted by Crippen LogP contribution is 2.38. The maximum atomic E-state index is 13.3. The number of benzene rings is 2. The molecule has 6 heteroatoms. The van der Waals surface area contributed by atoms with Crippen LogP contribution in [0.15, 0.2) is 60.7 Å². The summed E-state index contributed by atoms with van der Waals surface area (Å²) in [5, 5.41) is 2.86. The zero-order valence-electron chi connectivity index (χ0n) is 18.6. The van der Waals surface area contributed by atoms with Crippen LogP contribution in [0.2, 0.25) is 0 Å². The number of nitrogens with one attached hydrogen (secondary N) is 1. The monoisotopic (exact) mass is 432 g/mol. The third-order valence-corrected chi connectivity index (χ3v) is 5.63. The number of nitrogens with zero attached hydrogens (tertiary/aromatic N) is 1. The third-order valence-electron chi connectivity index (χ3n) is 5.63. The molecule has 4 rings (SSSR count). The van der Waals surface area contributed by atoms with Gasteiger partial charge in [-0.05, 0) is 51.8 Å². The molecule has 0 radical (unpaired) electrons. The number of carbonyl (C=O) groups is 2. The number of ether oxygens (including phenoxy) is 2. The number of aromatic nitrogens is 1. The summed E-state index contributed by atoms with van der Waals surface area (Å²) in [6.07, 6.45) is 1.15. The normalized spacial score (nSPS) is 14.0. The van der Waals surface area contributed by atoms with E-state index in [1.807, 2.05) is 57.2 Å². The van der Waals surface area contributed by atoms with Gasteiger partial charge in [0.1, 0.15) is 5.75 Å². The molecular formula is C26H28N2O4. The van der Waals surface area contributed by atoms with Crippen LogP contribution in [0, 0.1) is 13.8 Å². The summed E-state index contributed by atoms with van der Waals surface area (Å²) in [6.45, 7) is 6.28. The molecule has 0 spiro atoms. The van der Waals surface area contributed by atoms with E-state index in [4.69, 9.17) is 9.47 Å². The summed E-state index contributed by atoms with van der Waals surface area (Å²) in [5.74, 6) is -0.380. The van der Waals surface area contributed by atoms with Gasteiger partial charge >= 0.3 is 5.97 Å². The second kappa shape index (κ2) is 9.30. The van der Waals surface area contributed by atoms with E-state index in [2.05, 4.69) is 9.88 Å². The van der Waals surface area contributed by atoms with Gasteiger partial charge in [0.15, 0.2) is 0 Å². The topological polar surface area (TPSA) is 69.6 Å². The van der Waals surface area contributed by atoms with Gasteiger partial charge in [-0.25, -0.2) is 4.79 Å². The molecule has 1 aromatic heterocycles. The van der Waals surface area contributed by atoms with Crippen LogP contribution < -0.4 is 10.1 Å². The summed E-state index contributed by atoms with van der Waals surface area (Å²) in [7, 11) is 0. The Balaban J connectivity index is 1.60. The lowest BCUT2D eigenvalue weighted by molar-refractivity contribution is -0.125. The molecule has 32 heavy (non-hydrogen) atoms. The summed E-state index contributed by atoms with van der Waals surface area (Å²) < 4.78 is 13.6. The van der Waals surface area contributed by atoms with E-state index in [0.29, 0.717) is 35.2 Å². The number of aryl methyl sites for hydroxylation is 1. The van der Waals surface area contributed by atoms with E-state index in [9.17, 15) is 9.59 Å². The maximum absolute atomic E-state index is 13.3. The Labute approximate surface area is 188 Å². The zero-order chi connectivity index (χ0) is 22.7. The second-order valence-electron chi connectivity index (χ2n) is 8.00. The van der Waals surface area contributed by atoms with Gasteiger partial charge in [0.25, 0.3) is 5.91 Å². The molecule has 1 unspecified atom stereocenters. The van der Waals surface area contributed by atoms with Gasteiger partial charge in [-0.2, -0.15) is 0 Å². The number of hydrogen-bond acceptors (Lipinski definition) is 4. The molecule has 1 atom stereocenters. The molecule has 0 saturated heterocycles. The van der Waals surface area contributed by atoms with Crippen LogP contribution in [0.3, 0.4) is 0 Å². The zero-order valence-corrected chi connectivity index (χ0v) is 18.6. The van der Waals surface area contributed by atoms with Gasteiger partial charge in [-0.3, -0.25) is 4.79 Å². The molecule has 0 bridgehead atoms. The molecule has 1 amide bonds. The number of amides is 1. The van der Waals surface area contributed by atoms with Crippen LogP contribution in [-0.2, 0) is 9.53 Å². The lowest BCUT2D eigenvalue weighted by Gasteiger charge is -2.19. The minimum Gasteiger partial charge on any atom is -0.492 e. The van der Waals surface area contributed by atoms with Crippen molar-refractivity contribution in [1.29, 1.82) is 0 Å². The van der Waals surface area contributed by atoms with Crippen LogP contribution in [0.1, 0.15) is 59.2 Å². The minimum atomic E-state index is -1.10. The number of carbonyl (C=O) groups excluding carboxylic acids is 2. The van der Waals surface area contributed by atoms with Gasteiger partial charge in [-0.1, -0.05) is 42.5 Å². The van der Waals surface area contributed by atoms with Gasteiger partial charge in [0.05, 0.1) is 17.9 Å². The van der Waals surface area contributed by atoms with Crippen molar-refractivity contribution in [2.75, 3.05) is 11.9 Å². The Bertz CT molecular complexity index is 1120. The van der Waals surface area contributed by atoms with Crippen LogP contribution in [-0.4, -0.2) is 23.1 Å². The molecule has 6 nitrogen and oxygen atoms in total. The van der Waals surface area contributed by atoms with Crippen LogP contribution >= 0.6 is 0 Å². The van der Waals surface area contributed by atoms with Gasteiger partial charge in [0.2, 0.25) is 6.10 Å².